The molecule has 72 valence electrons. The smallest absolute Gasteiger partial charge is 0.130 e. The van der Waals surface area contributed by atoms with Crippen LogP contribution in [0.15, 0.2) is 18.2 Å². The molecule has 0 atom stereocenters. The van der Waals surface area contributed by atoms with Crippen molar-refractivity contribution in [3.05, 3.63) is 29.6 Å². The molecule has 0 saturated carbocycles. The van der Waals surface area contributed by atoms with Crippen molar-refractivity contribution in [2.45, 2.75) is 26.7 Å². The van der Waals surface area contributed by atoms with Gasteiger partial charge in [0.05, 0.1) is 6.61 Å². The lowest BCUT2D eigenvalue weighted by Gasteiger charge is -2.08. The molecule has 0 heterocycles. The predicted octanol–water partition coefficient (Wildman–Crippen LogP) is 3.35. The van der Waals surface area contributed by atoms with E-state index in [1.807, 2.05) is 26.8 Å². The minimum Gasteiger partial charge on any atom is -0.494 e. The van der Waals surface area contributed by atoms with Gasteiger partial charge in [-0.3, -0.25) is 0 Å². The largest absolute Gasteiger partial charge is 0.494 e. The molecule has 2 heteroatoms. The maximum Gasteiger partial charge on any atom is 0.130 e. The lowest BCUT2D eigenvalue weighted by atomic mass is 10.0. The highest BCUT2D eigenvalue weighted by Gasteiger charge is 2.06. The van der Waals surface area contributed by atoms with Crippen LogP contribution in [0.2, 0.25) is 0 Å². The summed E-state index contributed by atoms with van der Waals surface area (Å²) in [6.45, 7) is 6.40. The van der Waals surface area contributed by atoms with Crippen LogP contribution < -0.4 is 4.74 Å². The molecule has 0 aliphatic rings. The van der Waals surface area contributed by atoms with Crippen molar-refractivity contribution in [2.24, 2.45) is 0 Å². The minimum absolute atomic E-state index is 0.180. The maximum atomic E-state index is 13.3. The van der Waals surface area contributed by atoms with Crippen LogP contribution >= 0.6 is 0 Å². The number of hydrogen-bond acceptors (Lipinski definition) is 1. The van der Waals surface area contributed by atoms with Gasteiger partial charge in [-0.2, -0.15) is 0 Å². The first kappa shape index (κ1) is 10.0. The van der Waals surface area contributed by atoms with Crippen molar-refractivity contribution >= 4 is 0 Å². The molecule has 13 heavy (non-hydrogen) atoms. The standard InChI is InChI=1S/C11H15FO/c1-4-13-9-5-6-10(8(2)3)11(12)7-9/h5-8H,4H2,1-3H3. The molecule has 0 aromatic heterocycles. The Hall–Kier alpha value is -1.05. The van der Waals surface area contributed by atoms with E-state index in [2.05, 4.69) is 0 Å². The average Bonchev–Trinajstić information content (AvgIpc) is 2.04. The molecule has 1 aromatic rings. The Morgan fingerprint density at radius 2 is 2.08 bits per heavy atom. The monoisotopic (exact) mass is 182 g/mol. The molecule has 0 aliphatic carbocycles. The predicted molar refractivity (Wildman–Crippen MR) is 51.7 cm³/mol. The molecule has 0 bridgehead atoms. The van der Waals surface area contributed by atoms with Gasteiger partial charge in [-0.25, -0.2) is 4.39 Å². The molecule has 0 spiro atoms. The molecule has 0 radical (unpaired) electrons. The van der Waals surface area contributed by atoms with E-state index in [-0.39, 0.29) is 11.7 Å². The summed E-state index contributed by atoms with van der Waals surface area (Å²) in [6, 6.07) is 5.03. The van der Waals surface area contributed by atoms with E-state index >= 15 is 0 Å². The first-order valence-electron chi connectivity index (χ1n) is 4.57. The highest BCUT2D eigenvalue weighted by molar-refractivity contribution is 5.30. The fraction of sp³-hybridized carbons (Fsp3) is 0.455. The van der Waals surface area contributed by atoms with Crippen molar-refractivity contribution in [2.75, 3.05) is 6.61 Å². The van der Waals surface area contributed by atoms with Crippen LogP contribution in [0.5, 0.6) is 5.75 Å². The van der Waals surface area contributed by atoms with E-state index < -0.39 is 0 Å². The Labute approximate surface area is 78.5 Å². The van der Waals surface area contributed by atoms with Gasteiger partial charge >= 0.3 is 0 Å². The quantitative estimate of drug-likeness (QED) is 0.696. The number of hydrogen-bond donors (Lipinski definition) is 0. The topological polar surface area (TPSA) is 9.23 Å². The second-order valence-electron chi connectivity index (χ2n) is 3.27. The molecule has 0 saturated heterocycles. The number of benzene rings is 1. The summed E-state index contributed by atoms with van der Waals surface area (Å²) in [5.41, 5.74) is 0.739. The first-order chi connectivity index (χ1) is 6.15. The first-order valence-corrected chi connectivity index (χ1v) is 4.57. The van der Waals surface area contributed by atoms with Gasteiger partial charge in [0.25, 0.3) is 0 Å². The Morgan fingerprint density at radius 3 is 2.54 bits per heavy atom. The normalized spacial score (nSPS) is 10.5. The van der Waals surface area contributed by atoms with Crippen LogP contribution in [0, 0.1) is 5.82 Å². The van der Waals surface area contributed by atoms with Crippen molar-refractivity contribution in [1.29, 1.82) is 0 Å². The summed E-state index contributed by atoms with van der Waals surface area (Å²) in [4.78, 5) is 0. The average molecular weight is 182 g/mol. The fourth-order valence-electron chi connectivity index (χ4n) is 1.23. The Kier molecular flexibility index (Phi) is 3.29. The number of ether oxygens (including phenoxy) is 1. The van der Waals surface area contributed by atoms with Gasteiger partial charge in [-0.05, 0) is 24.5 Å². The molecule has 0 N–H and O–H groups in total. The number of halogens is 1. The Bertz CT molecular complexity index is 281. The molecule has 1 rings (SSSR count). The van der Waals surface area contributed by atoms with Crippen molar-refractivity contribution in [1.82, 2.24) is 0 Å². The van der Waals surface area contributed by atoms with Crippen LogP contribution in [0.3, 0.4) is 0 Å². The second-order valence-corrected chi connectivity index (χ2v) is 3.27. The van der Waals surface area contributed by atoms with E-state index in [4.69, 9.17) is 4.74 Å². The van der Waals surface area contributed by atoms with Crippen molar-refractivity contribution in [3.8, 4) is 5.75 Å². The lowest BCUT2D eigenvalue weighted by molar-refractivity contribution is 0.338. The van der Waals surface area contributed by atoms with Crippen LogP contribution in [0.4, 0.5) is 4.39 Å². The van der Waals surface area contributed by atoms with Gasteiger partial charge in [0.1, 0.15) is 11.6 Å². The fourth-order valence-corrected chi connectivity index (χ4v) is 1.23. The van der Waals surface area contributed by atoms with Crippen LogP contribution in [0.1, 0.15) is 32.3 Å². The van der Waals surface area contributed by atoms with E-state index in [0.29, 0.717) is 12.4 Å². The molecule has 0 unspecified atom stereocenters. The van der Waals surface area contributed by atoms with Gasteiger partial charge in [0, 0.05) is 6.07 Å². The van der Waals surface area contributed by atoms with Crippen molar-refractivity contribution in [3.63, 3.8) is 0 Å². The highest BCUT2D eigenvalue weighted by atomic mass is 19.1. The van der Waals surface area contributed by atoms with E-state index in [1.165, 1.54) is 6.07 Å². The molecule has 0 aliphatic heterocycles. The molecular formula is C11H15FO. The highest BCUT2D eigenvalue weighted by Crippen LogP contribution is 2.22. The van der Waals surface area contributed by atoms with Gasteiger partial charge in [-0.15, -0.1) is 0 Å². The van der Waals surface area contributed by atoms with Gasteiger partial charge < -0.3 is 4.74 Å². The zero-order valence-corrected chi connectivity index (χ0v) is 8.30. The molecule has 1 nitrogen and oxygen atoms in total. The van der Waals surface area contributed by atoms with E-state index in [0.717, 1.165) is 5.56 Å². The lowest BCUT2D eigenvalue weighted by Crippen LogP contribution is -1.96. The summed E-state index contributed by atoms with van der Waals surface area (Å²) in [5.74, 6) is 0.640. The third-order valence-corrected chi connectivity index (χ3v) is 1.90. The third kappa shape index (κ3) is 2.44. The van der Waals surface area contributed by atoms with Crippen LogP contribution in [-0.2, 0) is 0 Å². The van der Waals surface area contributed by atoms with Gasteiger partial charge in [0.2, 0.25) is 0 Å². The zero-order valence-electron chi connectivity index (χ0n) is 8.30. The van der Waals surface area contributed by atoms with Gasteiger partial charge in [-0.1, -0.05) is 19.9 Å². The summed E-state index contributed by atoms with van der Waals surface area (Å²) in [7, 11) is 0. The maximum absolute atomic E-state index is 13.3. The summed E-state index contributed by atoms with van der Waals surface area (Å²) in [5, 5.41) is 0. The molecule has 0 fully saturated rings. The van der Waals surface area contributed by atoms with E-state index in [1.54, 1.807) is 6.07 Å². The third-order valence-electron chi connectivity index (χ3n) is 1.90. The minimum atomic E-state index is -0.180. The van der Waals surface area contributed by atoms with Gasteiger partial charge in [0.15, 0.2) is 0 Å². The molecule has 1 aromatic carbocycles. The SMILES string of the molecule is CCOc1ccc(C(C)C)c(F)c1. The molecular weight excluding hydrogens is 167 g/mol. The summed E-state index contributed by atoms with van der Waals surface area (Å²) in [6.07, 6.45) is 0. The van der Waals surface area contributed by atoms with Crippen LogP contribution in [0.25, 0.3) is 0 Å². The van der Waals surface area contributed by atoms with Crippen molar-refractivity contribution < 1.29 is 9.13 Å². The zero-order chi connectivity index (χ0) is 9.84. The summed E-state index contributed by atoms with van der Waals surface area (Å²) >= 11 is 0. The second kappa shape index (κ2) is 4.26. The Balaban J connectivity index is 2.92. The number of rotatable bonds is 3. The molecule has 0 amide bonds. The Morgan fingerprint density at radius 1 is 1.38 bits per heavy atom. The van der Waals surface area contributed by atoms with E-state index in [9.17, 15) is 4.39 Å². The summed E-state index contributed by atoms with van der Waals surface area (Å²) < 4.78 is 18.5. The van der Waals surface area contributed by atoms with Crippen LogP contribution in [-0.4, -0.2) is 6.61 Å².